The fraction of sp³-hybridized carbons (Fsp3) is 0.364. The Balaban J connectivity index is 1.31. The van der Waals surface area contributed by atoms with Crippen molar-refractivity contribution in [3.05, 3.63) is 53.5 Å². The van der Waals surface area contributed by atoms with Gasteiger partial charge in [0.05, 0.1) is 29.7 Å². The van der Waals surface area contributed by atoms with Crippen LogP contribution in [0.2, 0.25) is 0 Å². The second kappa shape index (κ2) is 7.44. The number of rotatable bonds is 4. The molecule has 8 nitrogen and oxygen atoms in total. The van der Waals surface area contributed by atoms with E-state index in [1.807, 2.05) is 17.8 Å². The van der Waals surface area contributed by atoms with Gasteiger partial charge in [0.15, 0.2) is 0 Å². The van der Waals surface area contributed by atoms with Gasteiger partial charge in [-0.25, -0.2) is 15.0 Å². The highest BCUT2D eigenvalue weighted by Gasteiger charge is 2.23. The molecule has 0 atom stereocenters. The standard InChI is InChI=1S/C22H24N6O2/c1-26-8-7-18-20(26)23-13-24-21(18)27-9-5-15(6-10-27)12-28-14-25-19-11-16(30-2)3-4-17(19)22(28)29/h3-4,7-8,11,13-15H,5-6,9-10,12H2,1-2H3. The molecule has 8 heteroatoms. The molecule has 1 aliphatic rings. The van der Waals surface area contributed by atoms with Crippen LogP contribution in [0.1, 0.15) is 12.8 Å². The molecule has 1 aromatic carbocycles. The van der Waals surface area contributed by atoms with Crippen LogP contribution in [0.15, 0.2) is 47.9 Å². The number of methoxy groups -OCH3 is 1. The highest BCUT2D eigenvalue weighted by molar-refractivity contribution is 5.87. The smallest absolute Gasteiger partial charge is 0.261 e. The lowest BCUT2D eigenvalue weighted by Crippen LogP contribution is -2.37. The Labute approximate surface area is 173 Å². The minimum Gasteiger partial charge on any atom is -0.497 e. The highest BCUT2D eigenvalue weighted by atomic mass is 16.5. The second-order valence-electron chi connectivity index (χ2n) is 7.88. The van der Waals surface area contributed by atoms with E-state index in [2.05, 4.69) is 25.9 Å². The van der Waals surface area contributed by atoms with Crippen molar-refractivity contribution in [2.45, 2.75) is 19.4 Å². The van der Waals surface area contributed by atoms with Crippen molar-refractivity contribution in [3.63, 3.8) is 0 Å². The molecule has 0 amide bonds. The lowest BCUT2D eigenvalue weighted by Gasteiger charge is -2.33. The lowest BCUT2D eigenvalue weighted by atomic mass is 9.96. The van der Waals surface area contributed by atoms with Crippen molar-refractivity contribution in [2.75, 3.05) is 25.1 Å². The third kappa shape index (κ3) is 3.18. The van der Waals surface area contributed by atoms with Crippen molar-refractivity contribution in [1.82, 2.24) is 24.1 Å². The van der Waals surface area contributed by atoms with Crippen molar-refractivity contribution in [2.24, 2.45) is 13.0 Å². The van der Waals surface area contributed by atoms with Gasteiger partial charge in [0, 0.05) is 38.9 Å². The minimum atomic E-state index is 0.00637. The van der Waals surface area contributed by atoms with E-state index in [4.69, 9.17) is 4.74 Å². The van der Waals surface area contributed by atoms with Gasteiger partial charge in [-0.2, -0.15) is 0 Å². The van der Waals surface area contributed by atoms with Gasteiger partial charge in [-0.1, -0.05) is 0 Å². The van der Waals surface area contributed by atoms with E-state index in [9.17, 15) is 4.79 Å². The first-order chi connectivity index (χ1) is 14.6. The van der Waals surface area contributed by atoms with Gasteiger partial charge in [0.2, 0.25) is 0 Å². The van der Waals surface area contributed by atoms with E-state index in [-0.39, 0.29) is 5.56 Å². The summed E-state index contributed by atoms with van der Waals surface area (Å²) in [6.45, 7) is 2.52. The largest absolute Gasteiger partial charge is 0.497 e. The topological polar surface area (TPSA) is 78.1 Å². The number of anilines is 1. The zero-order valence-corrected chi connectivity index (χ0v) is 17.2. The Morgan fingerprint density at radius 1 is 1.10 bits per heavy atom. The molecule has 1 fully saturated rings. The summed E-state index contributed by atoms with van der Waals surface area (Å²) in [6.07, 6.45) is 7.33. The fourth-order valence-electron chi connectivity index (χ4n) is 4.32. The fourth-order valence-corrected chi connectivity index (χ4v) is 4.32. The summed E-state index contributed by atoms with van der Waals surface area (Å²) in [4.78, 5) is 28.6. The maximum atomic E-state index is 12.9. The molecule has 0 radical (unpaired) electrons. The molecule has 5 rings (SSSR count). The molecule has 154 valence electrons. The maximum absolute atomic E-state index is 12.9. The van der Waals surface area contributed by atoms with E-state index < -0.39 is 0 Å². The number of piperidine rings is 1. The van der Waals surface area contributed by atoms with Gasteiger partial charge < -0.3 is 14.2 Å². The summed E-state index contributed by atoms with van der Waals surface area (Å²) >= 11 is 0. The minimum absolute atomic E-state index is 0.00637. The molecule has 0 unspecified atom stereocenters. The number of aryl methyl sites for hydroxylation is 1. The molecule has 1 aliphatic heterocycles. The van der Waals surface area contributed by atoms with Crippen LogP contribution in [0, 0.1) is 5.92 Å². The Bertz CT molecular complexity index is 1270. The van der Waals surface area contributed by atoms with E-state index >= 15 is 0 Å². The van der Waals surface area contributed by atoms with E-state index in [1.54, 1.807) is 42.5 Å². The first-order valence-corrected chi connectivity index (χ1v) is 10.2. The van der Waals surface area contributed by atoms with Crippen molar-refractivity contribution >= 4 is 27.8 Å². The van der Waals surface area contributed by atoms with Crippen LogP contribution in [0.3, 0.4) is 0 Å². The lowest BCUT2D eigenvalue weighted by molar-refractivity contribution is 0.351. The van der Waals surface area contributed by atoms with Crippen molar-refractivity contribution in [3.8, 4) is 5.75 Å². The van der Waals surface area contributed by atoms with Gasteiger partial charge >= 0.3 is 0 Å². The van der Waals surface area contributed by atoms with Crippen molar-refractivity contribution < 1.29 is 4.74 Å². The van der Waals surface area contributed by atoms with Crippen LogP contribution in [0.5, 0.6) is 5.75 Å². The maximum Gasteiger partial charge on any atom is 0.261 e. The Morgan fingerprint density at radius 2 is 1.93 bits per heavy atom. The van der Waals surface area contributed by atoms with Crippen LogP contribution in [-0.4, -0.2) is 44.3 Å². The molecule has 30 heavy (non-hydrogen) atoms. The molecular weight excluding hydrogens is 380 g/mol. The van der Waals surface area contributed by atoms with Crippen molar-refractivity contribution in [1.29, 1.82) is 0 Å². The molecule has 0 aliphatic carbocycles. The molecular formula is C22H24N6O2. The third-order valence-corrected chi connectivity index (χ3v) is 6.04. The molecule has 4 heterocycles. The van der Waals surface area contributed by atoms with Crippen LogP contribution < -0.4 is 15.2 Å². The molecule has 0 saturated carbocycles. The average Bonchev–Trinajstić information content (AvgIpc) is 3.17. The number of hydrogen-bond acceptors (Lipinski definition) is 6. The van der Waals surface area contributed by atoms with E-state index in [0.717, 1.165) is 42.8 Å². The normalized spacial score (nSPS) is 15.2. The number of ether oxygens (including phenoxy) is 1. The van der Waals surface area contributed by atoms with Gasteiger partial charge in [0.1, 0.15) is 23.5 Å². The summed E-state index contributed by atoms with van der Waals surface area (Å²) in [5, 5.41) is 1.71. The van der Waals surface area contributed by atoms with Gasteiger partial charge in [0.25, 0.3) is 5.56 Å². The Morgan fingerprint density at radius 3 is 2.73 bits per heavy atom. The van der Waals surface area contributed by atoms with Crippen LogP contribution >= 0.6 is 0 Å². The van der Waals surface area contributed by atoms with Crippen LogP contribution in [0.25, 0.3) is 21.9 Å². The van der Waals surface area contributed by atoms with Gasteiger partial charge in [-0.15, -0.1) is 0 Å². The monoisotopic (exact) mass is 404 g/mol. The van der Waals surface area contributed by atoms with E-state index in [0.29, 0.717) is 29.1 Å². The summed E-state index contributed by atoms with van der Waals surface area (Å²) in [7, 11) is 3.61. The molecule has 4 aromatic rings. The Kier molecular flexibility index (Phi) is 4.61. The van der Waals surface area contributed by atoms with Gasteiger partial charge in [-0.3, -0.25) is 9.36 Å². The van der Waals surface area contributed by atoms with Crippen LogP contribution in [0.4, 0.5) is 5.82 Å². The predicted octanol–water partition coefficient (Wildman–Crippen LogP) is 2.60. The zero-order valence-electron chi connectivity index (χ0n) is 17.2. The summed E-state index contributed by atoms with van der Waals surface area (Å²) < 4.78 is 8.99. The summed E-state index contributed by atoms with van der Waals surface area (Å²) in [6, 6.07) is 7.47. The molecule has 0 N–H and O–H groups in total. The quantitative estimate of drug-likeness (QED) is 0.520. The highest BCUT2D eigenvalue weighted by Crippen LogP contribution is 2.28. The number of fused-ring (bicyclic) bond motifs is 2. The summed E-state index contributed by atoms with van der Waals surface area (Å²) in [5.41, 5.74) is 1.63. The first kappa shape index (κ1) is 18.6. The summed E-state index contributed by atoms with van der Waals surface area (Å²) in [5.74, 6) is 2.14. The van der Waals surface area contributed by atoms with Crippen LogP contribution in [-0.2, 0) is 13.6 Å². The number of hydrogen-bond donors (Lipinski definition) is 0. The predicted molar refractivity (Wildman–Crippen MR) is 116 cm³/mol. The average molecular weight is 404 g/mol. The Hall–Kier alpha value is -3.42. The molecule has 0 spiro atoms. The SMILES string of the molecule is COc1ccc2c(=O)n(CC3CCN(c4ncnc5c4ccn5C)CC3)cnc2c1. The number of aromatic nitrogens is 5. The molecule has 0 bridgehead atoms. The van der Waals surface area contributed by atoms with E-state index in [1.165, 1.54) is 0 Å². The third-order valence-electron chi connectivity index (χ3n) is 6.04. The second-order valence-corrected chi connectivity index (χ2v) is 7.88. The molecule has 3 aromatic heterocycles. The molecule has 1 saturated heterocycles. The van der Waals surface area contributed by atoms with Gasteiger partial charge in [-0.05, 0) is 37.0 Å². The first-order valence-electron chi connectivity index (χ1n) is 10.2. The zero-order chi connectivity index (χ0) is 20.7. The number of nitrogens with zero attached hydrogens (tertiary/aromatic N) is 6. The number of benzene rings is 1.